The highest BCUT2D eigenvalue weighted by Crippen LogP contribution is 2.20. The first kappa shape index (κ1) is 13.1. The van der Waals surface area contributed by atoms with E-state index >= 15 is 0 Å². The van der Waals surface area contributed by atoms with E-state index in [0.717, 1.165) is 5.56 Å². The smallest absolute Gasteiger partial charge is 0.260 e. The Morgan fingerprint density at radius 1 is 1.26 bits per heavy atom. The van der Waals surface area contributed by atoms with Gasteiger partial charge in [-0.25, -0.2) is 4.98 Å². The molecule has 0 unspecified atom stereocenters. The van der Waals surface area contributed by atoms with E-state index in [1.54, 1.807) is 18.3 Å². The van der Waals surface area contributed by atoms with E-state index in [9.17, 15) is 4.79 Å². The third kappa shape index (κ3) is 3.10. The Kier molecular flexibility index (Phi) is 4.13. The van der Waals surface area contributed by atoms with Crippen LogP contribution < -0.4 is 10.1 Å². The van der Waals surface area contributed by atoms with Gasteiger partial charge in [0.1, 0.15) is 11.6 Å². The summed E-state index contributed by atoms with van der Waals surface area (Å²) in [5.74, 6) is 0.931. The number of pyridine rings is 1. The van der Waals surface area contributed by atoms with Crippen LogP contribution in [0.3, 0.4) is 0 Å². The Hall–Kier alpha value is -2.36. The molecular weight excluding hydrogens is 240 g/mol. The molecule has 0 aliphatic rings. The van der Waals surface area contributed by atoms with Crippen molar-refractivity contribution < 1.29 is 9.53 Å². The average Bonchev–Trinajstić information content (AvgIpc) is 2.42. The second kappa shape index (κ2) is 6.00. The van der Waals surface area contributed by atoms with Gasteiger partial charge in [-0.05, 0) is 37.6 Å². The van der Waals surface area contributed by atoms with Gasteiger partial charge in [-0.3, -0.25) is 4.79 Å². The molecular formula is C15H16N2O2. The molecule has 2 aromatic rings. The number of nitrogens with one attached hydrogen (secondary N) is 1. The third-order valence-electron chi connectivity index (χ3n) is 2.67. The molecule has 1 aromatic carbocycles. The van der Waals surface area contributed by atoms with Crippen molar-refractivity contribution in [2.24, 2.45) is 0 Å². The van der Waals surface area contributed by atoms with Gasteiger partial charge < -0.3 is 10.1 Å². The number of hydrogen-bond acceptors (Lipinski definition) is 3. The molecule has 4 heteroatoms. The summed E-state index contributed by atoms with van der Waals surface area (Å²) in [5, 5.41) is 2.80. The summed E-state index contributed by atoms with van der Waals surface area (Å²) in [6.07, 6.45) is 1.65. The quantitative estimate of drug-likeness (QED) is 0.914. The maximum absolute atomic E-state index is 12.2. The SMILES string of the molecule is CCOc1ccccc1C(=O)Nc1ncccc1C. The number of benzene rings is 1. The summed E-state index contributed by atoms with van der Waals surface area (Å²) in [6, 6.07) is 10.9. The first-order valence-electron chi connectivity index (χ1n) is 6.17. The number of para-hydroxylation sites is 1. The average molecular weight is 256 g/mol. The largest absolute Gasteiger partial charge is 0.493 e. The maximum Gasteiger partial charge on any atom is 0.260 e. The summed E-state index contributed by atoms with van der Waals surface area (Å²) in [5.41, 5.74) is 1.43. The molecule has 0 atom stereocenters. The predicted octanol–water partition coefficient (Wildman–Crippen LogP) is 3.04. The van der Waals surface area contributed by atoms with Crippen LogP contribution in [0.4, 0.5) is 5.82 Å². The van der Waals surface area contributed by atoms with Crippen LogP contribution in [0.2, 0.25) is 0 Å². The highest BCUT2D eigenvalue weighted by molar-refractivity contribution is 6.06. The predicted molar refractivity (Wildman–Crippen MR) is 74.5 cm³/mol. The topological polar surface area (TPSA) is 51.2 Å². The minimum absolute atomic E-state index is 0.217. The molecule has 0 aliphatic carbocycles. The summed E-state index contributed by atoms with van der Waals surface area (Å²) < 4.78 is 5.44. The lowest BCUT2D eigenvalue weighted by atomic mass is 10.2. The van der Waals surface area contributed by atoms with Crippen LogP contribution in [0.15, 0.2) is 42.6 Å². The van der Waals surface area contributed by atoms with Crippen LogP contribution in [0.5, 0.6) is 5.75 Å². The van der Waals surface area contributed by atoms with Gasteiger partial charge in [0.05, 0.1) is 12.2 Å². The van der Waals surface area contributed by atoms with Gasteiger partial charge in [0.15, 0.2) is 0 Å². The number of amides is 1. The minimum Gasteiger partial charge on any atom is -0.493 e. The fraction of sp³-hybridized carbons (Fsp3) is 0.200. The zero-order valence-corrected chi connectivity index (χ0v) is 11.0. The van der Waals surface area contributed by atoms with Crippen molar-refractivity contribution in [1.82, 2.24) is 4.98 Å². The zero-order valence-electron chi connectivity index (χ0n) is 11.0. The van der Waals surface area contributed by atoms with Crippen molar-refractivity contribution in [3.63, 3.8) is 0 Å². The van der Waals surface area contributed by atoms with E-state index in [4.69, 9.17) is 4.74 Å². The van der Waals surface area contributed by atoms with Gasteiger partial charge in [0, 0.05) is 6.20 Å². The molecule has 0 fully saturated rings. The number of hydrogen-bond donors (Lipinski definition) is 1. The van der Waals surface area contributed by atoms with Crippen molar-refractivity contribution >= 4 is 11.7 Å². The second-order valence-electron chi connectivity index (χ2n) is 4.05. The van der Waals surface area contributed by atoms with E-state index in [2.05, 4.69) is 10.3 Å². The molecule has 98 valence electrons. The molecule has 19 heavy (non-hydrogen) atoms. The van der Waals surface area contributed by atoms with E-state index in [-0.39, 0.29) is 5.91 Å². The summed E-state index contributed by atoms with van der Waals surface area (Å²) >= 11 is 0. The third-order valence-corrected chi connectivity index (χ3v) is 2.67. The number of carbonyl (C=O) groups is 1. The van der Waals surface area contributed by atoms with Crippen LogP contribution in [-0.4, -0.2) is 17.5 Å². The number of aryl methyl sites for hydroxylation is 1. The first-order chi connectivity index (χ1) is 9.22. The van der Waals surface area contributed by atoms with Gasteiger partial charge in [-0.2, -0.15) is 0 Å². The van der Waals surface area contributed by atoms with Crippen LogP contribution in [0.1, 0.15) is 22.8 Å². The van der Waals surface area contributed by atoms with Crippen LogP contribution in [0, 0.1) is 6.92 Å². The van der Waals surface area contributed by atoms with Crippen LogP contribution >= 0.6 is 0 Å². The minimum atomic E-state index is -0.217. The van der Waals surface area contributed by atoms with Crippen molar-refractivity contribution in [1.29, 1.82) is 0 Å². The molecule has 1 N–H and O–H groups in total. The zero-order chi connectivity index (χ0) is 13.7. The molecule has 1 heterocycles. The van der Waals surface area contributed by atoms with Gasteiger partial charge in [0.2, 0.25) is 0 Å². The number of carbonyl (C=O) groups excluding carboxylic acids is 1. The summed E-state index contributed by atoms with van der Waals surface area (Å²) in [7, 11) is 0. The van der Waals surface area contributed by atoms with Crippen LogP contribution in [0.25, 0.3) is 0 Å². The Morgan fingerprint density at radius 2 is 2.05 bits per heavy atom. The van der Waals surface area contributed by atoms with Gasteiger partial charge in [0.25, 0.3) is 5.91 Å². The Bertz CT molecular complexity index is 582. The number of ether oxygens (including phenoxy) is 1. The summed E-state index contributed by atoms with van der Waals surface area (Å²) in [6.45, 7) is 4.31. The molecule has 0 radical (unpaired) electrons. The number of anilines is 1. The molecule has 1 amide bonds. The highest BCUT2D eigenvalue weighted by Gasteiger charge is 2.13. The fourth-order valence-electron chi connectivity index (χ4n) is 1.73. The Morgan fingerprint density at radius 3 is 2.79 bits per heavy atom. The number of aromatic nitrogens is 1. The van der Waals surface area contributed by atoms with Crippen molar-refractivity contribution in [3.8, 4) is 5.75 Å². The van der Waals surface area contributed by atoms with Gasteiger partial charge in [-0.1, -0.05) is 18.2 Å². The molecule has 0 aliphatic heterocycles. The normalized spacial score (nSPS) is 10.0. The van der Waals surface area contributed by atoms with E-state index in [1.807, 2.05) is 38.1 Å². The molecule has 2 rings (SSSR count). The van der Waals surface area contributed by atoms with E-state index in [1.165, 1.54) is 0 Å². The van der Waals surface area contributed by atoms with Crippen molar-refractivity contribution in [2.75, 3.05) is 11.9 Å². The van der Waals surface area contributed by atoms with Gasteiger partial charge >= 0.3 is 0 Å². The molecule has 0 saturated carbocycles. The van der Waals surface area contributed by atoms with E-state index < -0.39 is 0 Å². The fourth-order valence-corrected chi connectivity index (χ4v) is 1.73. The van der Waals surface area contributed by atoms with Crippen molar-refractivity contribution in [2.45, 2.75) is 13.8 Å². The lowest BCUT2D eigenvalue weighted by Gasteiger charge is -2.11. The maximum atomic E-state index is 12.2. The second-order valence-corrected chi connectivity index (χ2v) is 4.05. The molecule has 0 saturated heterocycles. The molecule has 0 spiro atoms. The summed E-state index contributed by atoms with van der Waals surface area (Å²) in [4.78, 5) is 16.4. The van der Waals surface area contributed by atoms with Crippen LogP contribution in [-0.2, 0) is 0 Å². The standard InChI is InChI=1S/C15H16N2O2/c1-3-19-13-9-5-4-8-12(13)15(18)17-14-11(2)7-6-10-16-14/h4-10H,3H2,1-2H3,(H,16,17,18). The molecule has 0 bridgehead atoms. The number of nitrogens with zero attached hydrogens (tertiary/aromatic N) is 1. The van der Waals surface area contributed by atoms with Crippen molar-refractivity contribution in [3.05, 3.63) is 53.7 Å². The monoisotopic (exact) mass is 256 g/mol. The first-order valence-corrected chi connectivity index (χ1v) is 6.17. The highest BCUT2D eigenvalue weighted by atomic mass is 16.5. The molecule has 1 aromatic heterocycles. The lowest BCUT2D eigenvalue weighted by Crippen LogP contribution is -2.15. The lowest BCUT2D eigenvalue weighted by molar-refractivity contribution is 0.102. The number of rotatable bonds is 4. The Balaban J connectivity index is 2.23. The Labute approximate surface area is 112 Å². The molecule has 4 nitrogen and oxygen atoms in total. The van der Waals surface area contributed by atoms with E-state index in [0.29, 0.717) is 23.7 Å². The van der Waals surface area contributed by atoms with Gasteiger partial charge in [-0.15, -0.1) is 0 Å².